The molecule has 0 bridgehead atoms. The molecule has 3 aromatic heterocycles. The lowest BCUT2D eigenvalue weighted by atomic mass is 9.97. The van der Waals surface area contributed by atoms with Gasteiger partial charge in [0.05, 0.1) is 27.3 Å². The molecule has 1 aliphatic carbocycles. The molecule has 0 unspecified atom stereocenters. The summed E-state index contributed by atoms with van der Waals surface area (Å²) in [6, 6.07) is 10.4. The number of aryl methyl sites for hydroxylation is 2. The fourth-order valence-electron chi connectivity index (χ4n) is 4.53. The van der Waals surface area contributed by atoms with Crippen molar-refractivity contribution in [3.63, 3.8) is 0 Å². The van der Waals surface area contributed by atoms with Crippen molar-refractivity contribution in [2.24, 2.45) is 5.92 Å². The second-order valence-electron chi connectivity index (χ2n) is 9.42. The highest BCUT2D eigenvalue weighted by atomic mass is 35.5. The molecule has 3 heterocycles. The summed E-state index contributed by atoms with van der Waals surface area (Å²) in [7, 11) is 0. The lowest BCUT2D eigenvalue weighted by Gasteiger charge is -2.21. The fraction of sp³-hybridized carbons (Fsp3) is 0.407. The lowest BCUT2D eigenvalue weighted by Crippen LogP contribution is -2.44. The number of hydrogen-bond donors (Lipinski definition) is 3. The summed E-state index contributed by atoms with van der Waals surface area (Å²) in [5.74, 6) is 0.456. The molecule has 36 heavy (non-hydrogen) atoms. The number of carbonyl (C=O) groups excluding carboxylic acids is 2. The number of hydrogen-bond acceptors (Lipinski definition) is 6. The second-order valence-corrected chi connectivity index (χ2v) is 11.0. The van der Waals surface area contributed by atoms with Gasteiger partial charge in [-0.1, -0.05) is 43.4 Å². The summed E-state index contributed by atoms with van der Waals surface area (Å²) in [6.45, 7) is 5.82. The van der Waals surface area contributed by atoms with Gasteiger partial charge in [-0.25, -0.2) is 4.98 Å². The summed E-state index contributed by atoms with van der Waals surface area (Å²) in [5.41, 5.74) is 2.53. The van der Waals surface area contributed by atoms with Crippen molar-refractivity contribution in [1.82, 2.24) is 15.3 Å². The first-order chi connectivity index (χ1) is 17.3. The molecule has 4 rings (SSSR count). The van der Waals surface area contributed by atoms with Crippen molar-refractivity contribution < 1.29 is 9.59 Å². The van der Waals surface area contributed by atoms with Gasteiger partial charge in [0.25, 0.3) is 5.91 Å². The van der Waals surface area contributed by atoms with Gasteiger partial charge in [-0.3, -0.25) is 14.6 Å². The maximum Gasteiger partial charge on any atom is 0.262 e. The second kappa shape index (κ2) is 11.8. The van der Waals surface area contributed by atoms with Gasteiger partial charge in [-0.05, 0) is 63.4 Å². The molecule has 0 spiro atoms. The van der Waals surface area contributed by atoms with Crippen LogP contribution >= 0.6 is 22.9 Å². The van der Waals surface area contributed by atoms with Crippen LogP contribution in [0, 0.1) is 19.8 Å². The summed E-state index contributed by atoms with van der Waals surface area (Å²) >= 11 is 7.50. The van der Waals surface area contributed by atoms with Crippen LogP contribution in [-0.4, -0.2) is 27.8 Å². The topological polar surface area (TPSA) is 96.0 Å². The van der Waals surface area contributed by atoms with Crippen LogP contribution in [0.3, 0.4) is 0 Å². The predicted molar refractivity (Wildman–Crippen MR) is 146 cm³/mol. The molecule has 9 heteroatoms. The standard InChI is InChI=1S/C27H32ClN5O2S/c1-16-7-6-10-25(30-16)33-26(34)22(13-19-8-4-5-9-19)32-27(35)24-12-11-23(36-24)18(3)31-21-14-20(28)15-29-17(21)2/h6-7,10-12,14-15,18-19,22,31H,4-5,8-9,13H2,1-3H3,(H,32,35)(H,30,33,34)/t18-,22-/m0/s1. The van der Waals surface area contributed by atoms with Crippen molar-refractivity contribution in [3.05, 3.63) is 68.8 Å². The van der Waals surface area contributed by atoms with Crippen LogP contribution in [0.15, 0.2) is 42.6 Å². The van der Waals surface area contributed by atoms with E-state index in [0.29, 0.717) is 28.1 Å². The minimum atomic E-state index is -0.621. The first kappa shape index (κ1) is 26.1. The quantitative estimate of drug-likeness (QED) is 0.304. The largest absolute Gasteiger partial charge is 0.376 e. The summed E-state index contributed by atoms with van der Waals surface area (Å²) in [6.07, 6.45) is 6.77. The first-order valence-corrected chi connectivity index (χ1v) is 13.5. The molecule has 0 saturated heterocycles. The van der Waals surface area contributed by atoms with Gasteiger partial charge in [0.1, 0.15) is 11.9 Å². The van der Waals surface area contributed by atoms with Crippen LogP contribution in [0.25, 0.3) is 0 Å². The fourth-order valence-corrected chi connectivity index (χ4v) is 5.60. The number of amides is 2. The zero-order valence-corrected chi connectivity index (χ0v) is 22.4. The molecule has 2 atom stereocenters. The Kier molecular flexibility index (Phi) is 8.59. The van der Waals surface area contributed by atoms with Gasteiger partial charge in [-0.15, -0.1) is 11.3 Å². The maximum atomic E-state index is 13.2. The third-order valence-electron chi connectivity index (χ3n) is 6.51. The molecule has 1 fully saturated rings. The number of aromatic nitrogens is 2. The van der Waals surface area contributed by atoms with Crippen molar-refractivity contribution >= 4 is 46.3 Å². The minimum absolute atomic E-state index is 0.0412. The number of thiophene rings is 1. The Morgan fingerprint density at radius 3 is 2.69 bits per heavy atom. The number of nitrogens with zero attached hydrogens (tertiary/aromatic N) is 2. The van der Waals surface area contributed by atoms with Crippen LogP contribution in [-0.2, 0) is 4.79 Å². The van der Waals surface area contributed by atoms with Crippen LogP contribution in [0.4, 0.5) is 11.5 Å². The predicted octanol–water partition coefficient (Wildman–Crippen LogP) is 6.30. The highest BCUT2D eigenvalue weighted by Gasteiger charge is 2.28. The van der Waals surface area contributed by atoms with E-state index in [0.717, 1.165) is 34.8 Å². The number of nitrogens with one attached hydrogen (secondary N) is 3. The Morgan fingerprint density at radius 2 is 1.94 bits per heavy atom. The van der Waals surface area contributed by atoms with E-state index in [-0.39, 0.29) is 17.9 Å². The van der Waals surface area contributed by atoms with Gasteiger partial charge < -0.3 is 16.0 Å². The molecular formula is C27H32ClN5O2S. The number of anilines is 2. The Labute approximate surface area is 221 Å². The van der Waals surface area contributed by atoms with Crippen molar-refractivity contribution in [1.29, 1.82) is 0 Å². The van der Waals surface area contributed by atoms with Crippen LogP contribution in [0.5, 0.6) is 0 Å². The molecule has 0 aliphatic heterocycles. The number of carbonyl (C=O) groups is 2. The number of halogens is 1. The Hall–Kier alpha value is -2.97. The molecule has 1 aliphatic rings. The van der Waals surface area contributed by atoms with Gasteiger partial charge in [-0.2, -0.15) is 0 Å². The van der Waals surface area contributed by atoms with Gasteiger partial charge in [0.15, 0.2) is 0 Å². The van der Waals surface area contributed by atoms with E-state index in [2.05, 4.69) is 25.9 Å². The minimum Gasteiger partial charge on any atom is -0.376 e. The molecule has 190 valence electrons. The molecule has 3 N–H and O–H groups in total. The van der Waals surface area contributed by atoms with E-state index < -0.39 is 6.04 Å². The Morgan fingerprint density at radius 1 is 1.17 bits per heavy atom. The van der Waals surface area contributed by atoms with Gasteiger partial charge in [0, 0.05) is 16.8 Å². The third kappa shape index (κ3) is 6.83. The van der Waals surface area contributed by atoms with E-state index in [9.17, 15) is 9.59 Å². The molecule has 0 aromatic carbocycles. The normalized spacial score (nSPS) is 15.3. The van der Waals surface area contributed by atoms with E-state index in [1.165, 1.54) is 24.2 Å². The number of pyridine rings is 2. The first-order valence-electron chi connectivity index (χ1n) is 12.3. The van der Waals surface area contributed by atoms with Crippen LogP contribution < -0.4 is 16.0 Å². The summed E-state index contributed by atoms with van der Waals surface area (Å²) in [5, 5.41) is 9.87. The van der Waals surface area contributed by atoms with E-state index >= 15 is 0 Å². The van der Waals surface area contributed by atoms with E-state index in [1.54, 1.807) is 12.3 Å². The lowest BCUT2D eigenvalue weighted by molar-refractivity contribution is -0.118. The van der Waals surface area contributed by atoms with Gasteiger partial charge in [0.2, 0.25) is 5.91 Å². The summed E-state index contributed by atoms with van der Waals surface area (Å²) in [4.78, 5) is 36.6. The smallest absolute Gasteiger partial charge is 0.262 e. The number of rotatable bonds is 9. The zero-order chi connectivity index (χ0) is 25.7. The SMILES string of the molecule is Cc1cccc(NC(=O)[C@H](CC2CCCC2)NC(=O)c2ccc([C@H](C)Nc3cc(Cl)cnc3C)s2)n1. The molecule has 0 radical (unpaired) electrons. The monoisotopic (exact) mass is 525 g/mol. The third-order valence-corrected chi connectivity index (χ3v) is 7.98. The molecule has 3 aromatic rings. The highest BCUT2D eigenvalue weighted by molar-refractivity contribution is 7.14. The van der Waals surface area contributed by atoms with Crippen molar-refractivity contribution in [3.8, 4) is 0 Å². The Bertz CT molecular complexity index is 1220. The Balaban J connectivity index is 1.44. The zero-order valence-electron chi connectivity index (χ0n) is 20.8. The maximum absolute atomic E-state index is 13.2. The van der Waals surface area contributed by atoms with E-state index in [1.807, 2.05) is 51.1 Å². The average molecular weight is 526 g/mol. The summed E-state index contributed by atoms with van der Waals surface area (Å²) < 4.78 is 0. The van der Waals surface area contributed by atoms with Crippen molar-refractivity contribution in [2.75, 3.05) is 10.6 Å². The van der Waals surface area contributed by atoms with Crippen molar-refractivity contribution in [2.45, 2.75) is 65.0 Å². The molecule has 1 saturated carbocycles. The average Bonchev–Trinajstić information content (AvgIpc) is 3.53. The molecular weight excluding hydrogens is 494 g/mol. The van der Waals surface area contributed by atoms with Crippen LogP contribution in [0.1, 0.15) is 71.0 Å². The van der Waals surface area contributed by atoms with E-state index in [4.69, 9.17) is 11.6 Å². The molecule has 2 amide bonds. The van der Waals surface area contributed by atoms with Crippen LogP contribution in [0.2, 0.25) is 5.02 Å². The molecule has 7 nitrogen and oxygen atoms in total. The highest BCUT2D eigenvalue weighted by Crippen LogP contribution is 2.30. The van der Waals surface area contributed by atoms with Gasteiger partial charge >= 0.3 is 0 Å².